The molecule has 0 N–H and O–H groups in total. The summed E-state index contributed by atoms with van der Waals surface area (Å²) in [7, 11) is 0. The van der Waals surface area contributed by atoms with E-state index in [2.05, 4.69) is 0 Å². The van der Waals surface area contributed by atoms with E-state index in [1.165, 1.54) is 13.8 Å². The molecule has 0 fully saturated rings. The lowest BCUT2D eigenvalue weighted by atomic mass is 10.0. The van der Waals surface area contributed by atoms with Gasteiger partial charge in [-0.1, -0.05) is 20.8 Å². The summed E-state index contributed by atoms with van der Waals surface area (Å²) in [5.74, 6) is -19.7. The van der Waals surface area contributed by atoms with Crippen molar-refractivity contribution in [2.24, 2.45) is 5.92 Å². The van der Waals surface area contributed by atoms with Crippen molar-refractivity contribution in [1.82, 2.24) is 4.90 Å². The van der Waals surface area contributed by atoms with Crippen molar-refractivity contribution in [2.75, 3.05) is 13.1 Å². The second-order valence-corrected chi connectivity index (χ2v) is 5.27. The summed E-state index contributed by atoms with van der Waals surface area (Å²) in [5.41, 5.74) is 0. The summed E-state index contributed by atoms with van der Waals surface area (Å²) < 4.78 is 103. The van der Waals surface area contributed by atoms with E-state index in [0.29, 0.717) is 4.90 Å². The zero-order valence-electron chi connectivity index (χ0n) is 12.9. The Bertz CT molecular complexity index is 399. The minimum Gasteiger partial charge on any atom is -0.336 e. The smallest absolute Gasteiger partial charge is 0.336 e. The molecule has 0 aliphatic rings. The van der Waals surface area contributed by atoms with E-state index in [9.17, 15) is 39.9 Å². The molecule has 0 aliphatic heterocycles. The first-order valence-electron chi connectivity index (χ1n) is 6.96. The fraction of sp³-hybridized carbons (Fsp3) is 0.923. The monoisotopic (exact) mass is 357 g/mol. The number of hydrogen-bond donors (Lipinski definition) is 0. The molecule has 0 spiro atoms. The van der Waals surface area contributed by atoms with Crippen LogP contribution in [0.5, 0.6) is 0 Å². The standard InChI is InChI=1S/C13H19F8NO/c1-4-6-22(9(23)8(3)5-2)7-11(16,17)13(20,21)12(18,19)10(14)15/h8,10H,4-7H2,1-3H3. The molecule has 10 heteroatoms. The maximum Gasteiger partial charge on any atom is 0.379 e. The van der Waals surface area contributed by atoms with Gasteiger partial charge >= 0.3 is 24.2 Å². The lowest BCUT2D eigenvalue weighted by molar-refractivity contribution is -0.339. The van der Waals surface area contributed by atoms with E-state index < -0.39 is 42.6 Å². The third kappa shape index (κ3) is 4.47. The molecule has 0 aromatic heterocycles. The number of amides is 1. The number of alkyl halides is 8. The molecule has 1 amide bonds. The van der Waals surface area contributed by atoms with Gasteiger partial charge in [0.15, 0.2) is 0 Å². The molecule has 0 bridgehead atoms. The number of carbonyl (C=O) groups excluding carboxylic acids is 1. The van der Waals surface area contributed by atoms with Crippen LogP contribution in [0.3, 0.4) is 0 Å². The van der Waals surface area contributed by atoms with Crippen LogP contribution in [0.1, 0.15) is 33.6 Å². The first-order valence-corrected chi connectivity index (χ1v) is 6.96. The molecule has 1 unspecified atom stereocenters. The quantitative estimate of drug-likeness (QED) is 0.559. The summed E-state index contributed by atoms with van der Waals surface area (Å²) in [6.07, 6.45) is -4.64. The first-order chi connectivity index (χ1) is 10.3. The maximum absolute atomic E-state index is 13.6. The van der Waals surface area contributed by atoms with Crippen LogP contribution in [-0.2, 0) is 4.79 Å². The first kappa shape index (κ1) is 21.9. The largest absolute Gasteiger partial charge is 0.379 e. The molecular weight excluding hydrogens is 338 g/mol. The maximum atomic E-state index is 13.6. The van der Waals surface area contributed by atoms with Gasteiger partial charge in [0.1, 0.15) is 0 Å². The Morgan fingerprint density at radius 2 is 1.52 bits per heavy atom. The van der Waals surface area contributed by atoms with Crippen LogP contribution in [0.4, 0.5) is 35.1 Å². The number of halogens is 8. The fourth-order valence-corrected chi connectivity index (χ4v) is 1.74. The molecule has 0 aromatic rings. The molecule has 0 heterocycles. The van der Waals surface area contributed by atoms with Crippen LogP contribution in [-0.4, -0.2) is 48.1 Å². The fourth-order valence-electron chi connectivity index (χ4n) is 1.74. The van der Waals surface area contributed by atoms with Crippen molar-refractivity contribution in [1.29, 1.82) is 0 Å². The Kier molecular flexibility index (Phi) is 7.29. The Balaban J connectivity index is 5.51. The molecule has 0 rings (SSSR count). The Labute approximate surface area is 128 Å². The van der Waals surface area contributed by atoms with E-state index in [1.54, 1.807) is 6.92 Å². The molecule has 1 atom stereocenters. The van der Waals surface area contributed by atoms with Crippen molar-refractivity contribution in [3.8, 4) is 0 Å². The van der Waals surface area contributed by atoms with Gasteiger partial charge in [0.25, 0.3) is 0 Å². The lowest BCUT2D eigenvalue weighted by Gasteiger charge is -2.36. The zero-order chi connectivity index (χ0) is 18.6. The average Bonchev–Trinajstić information content (AvgIpc) is 2.44. The molecule has 138 valence electrons. The summed E-state index contributed by atoms with van der Waals surface area (Å²) in [6, 6.07) is 0. The van der Waals surface area contributed by atoms with Crippen molar-refractivity contribution in [3.63, 3.8) is 0 Å². The van der Waals surface area contributed by atoms with Gasteiger partial charge < -0.3 is 4.90 Å². The second kappa shape index (κ2) is 7.65. The van der Waals surface area contributed by atoms with Crippen LogP contribution < -0.4 is 0 Å². The molecular formula is C13H19F8NO. The third-order valence-corrected chi connectivity index (χ3v) is 3.38. The molecule has 0 saturated heterocycles. The predicted molar refractivity (Wildman–Crippen MR) is 67.2 cm³/mol. The topological polar surface area (TPSA) is 20.3 Å². The second-order valence-electron chi connectivity index (χ2n) is 5.27. The van der Waals surface area contributed by atoms with Gasteiger partial charge in [-0.25, -0.2) is 8.78 Å². The highest BCUT2D eigenvalue weighted by molar-refractivity contribution is 5.78. The SMILES string of the molecule is CCCN(CC(F)(F)C(F)(F)C(F)(F)C(F)F)C(=O)C(C)CC. The lowest BCUT2D eigenvalue weighted by Crippen LogP contribution is -2.61. The zero-order valence-corrected chi connectivity index (χ0v) is 12.9. The summed E-state index contributed by atoms with van der Waals surface area (Å²) >= 11 is 0. The van der Waals surface area contributed by atoms with Crippen LogP contribution in [0.2, 0.25) is 0 Å². The summed E-state index contributed by atoms with van der Waals surface area (Å²) in [6.45, 7) is 1.93. The minimum atomic E-state index is -6.30. The number of nitrogens with zero attached hydrogens (tertiary/aromatic N) is 1. The van der Waals surface area contributed by atoms with Crippen LogP contribution >= 0.6 is 0 Å². The normalized spacial score (nSPS) is 15.0. The van der Waals surface area contributed by atoms with Crippen molar-refractivity contribution in [2.45, 2.75) is 57.8 Å². The van der Waals surface area contributed by atoms with Crippen LogP contribution in [0, 0.1) is 5.92 Å². The Morgan fingerprint density at radius 3 is 1.87 bits per heavy atom. The van der Waals surface area contributed by atoms with Gasteiger partial charge in [-0.15, -0.1) is 0 Å². The average molecular weight is 357 g/mol. The van der Waals surface area contributed by atoms with Crippen molar-refractivity contribution in [3.05, 3.63) is 0 Å². The van der Waals surface area contributed by atoms with E-state index in [1.807, 2.05) is 0 Å². The van der Waals surface area contributed by atoms with Gasteiger partial charge in [0, 0.05) is 12.5 Å². The number of carbonyl (C=O) groups is 1. The summed E-state index contributed by atoms with van der Waals surface area (Å²) in [4.78, 5) is 12.2. The van der Waals surface area contributed by atoms with E-state index >= 15 is 0 Å². The number of rotatable bonds is 9. The van der Waals surface area contributed by atoms with Crippen LogP contribution in [0.25, 0.3) is 0 Å². The predicted octanol–water partition coefficient (Wildman–Crippen LogP) is 4.44. The highest BCUT2D eigenvalue weighted by atomic mass is 19.4. The molecule has 0 radical (unpaired) electrons. The number of hydrogen-bond acceptors (Lipinski definition) is 1. The van der Waals surface area contributed by atoms with Gasteiger partial charge in [0.2, 0.25) is 5.91 Å². The van der Waals surface area contributed by atoms with Gasteiger partial charge in [-0.2, -0.15) is 26.3 Å². The summed E-state index contributed by atoms with van der Waals surface area (Å²) in [5, 5.41) is 0. The molecule has 23 heavy (non-hydrogen) atoms. The molecule has 2 nitrogen and oxygen atoms in total. The minimum absolute atomic E-state index is 0.106. The van der Waals surface area contributed by atoms with Gasteiger partial charge in [0.05, 0.1) is 6.54 Å². The third-order valence-electron chi connectivity index (χ3n) is 3.38. The molecule has 0 aliphatic carbocycles. The van der Waals surface area contributed by atoms with Gasteiger partial charge in [-0.05, 0) is 12.8 Å². The highest BCUT2D eigenvalue weighted by Crippen LogP contribution is 2.48. The van der Waals surface area contributed by atoms with E-state index in [0.717, 1.165) is 0 Å². The van der Waals surface area contributed by atoms with Crippen LogP contribution in [0.15, 0.2) is 0 Å². The van der Waals surface area contributed by atoms with Crippen molar-refractivity contribution >= 4 is 5.91 Å². The Hall–Kier alpha value is -1.09. The van der Waals surface area contributed by atoms with Crippen molar-refractivity contribution < 1.29 is 39.9 Å². The highest BCUT2D eigenvalue weighted by Gasteiger charge is 2.75. The molecule has 0 saturated carbocycles. The van der Waals surface area contributed by atoms with E-state index in [4.69, 9.17) is 0 Å². The Morgan fingerprint density at radius 1 is 1.04 bits per heavy atom. The molecule has 0 aromatic carbocycles. The van der Waals surface area contributed by atoms with E-state index in [-0.39, 0.29) is 19.4 Å². The van der Waals surface area contributed by atoms with Gasteiger partial charge in [-0.3, -0.25) is 4.79 Å².